The van der Waals surface area contributed by atoms with Crippen molar-refractivity contribution >= 4 is 34.5 Å². The van der Waals surface area contributed by atoms with Crippen LogP contribution < -0.4 is 32.2 Å². The molecule has 1 saturated heterocycles. The molecule has 0 radical (unpaired) electrons. The number of rotatable bonds is 18. The molecule has 0 unspecified atom stereocenters. The molecule has 1 fully saturated rings. The maximum Gasteiger partial charge on any atom is 0.251 e. The number of phenols is 1. The number of hydrogen-bond acceptors (Lipinski definition) is 12. The van der Waals surface area contributed by atoms with E-state index < -0.39 is 79.1 Å². The van der Waals surface area contributed by atoms with Gasteiger partial charge in [-0.05, 0) is 79.4 Å². The fourth-order valence-corrected chi connectivity index (χ4v) is 6.35. The summed E-state index contributed by atoms with van der Waals surface area (Å²) in [4.78, 5) is 57.0. The van der Waals surface area contributed by atoms with Crippen LogP contribution in [0.1, 0.15) is 40.7 Å². The largest absolute Gasteiger partial charge is 0.508 e. The molecule has 300 valence electrons. The summed E-state index contributed by atoms with van der Waals surface area (Å²) < 4.78 is 11.0. The number of aromatic nitrogens is 1. The van der Waals surface area contributed by atoms with Crippen LogP contribution in [0.4, 0.5) is 0 Å². The SMILES string of the molecule is NCCCC[C@H](NC(=O)[C@H](Cc1c[nH]c2ccccc12)NC(=O)c1ccc(O[C@@H]2O[C@H](CO)[C@H](O)[C@H](O)[C@H]2O)cc1)C(=O)N[C@@H](Cc1ccc(O)cc1)C(N)=O. The molecule has 0 bridgehead atoms. The lowest BCUT2D eigenvalue weighted by Gasteiger charge is -2.39. The molecule has 0 spiro atoms. The van der Waals surface area contributed by atoms with Crippen LogP contribution in [-0.4, -0.2) is 116 Å². The van der Waals surface area contributed by atoms with Crippen molar-refractivity contribution in [1.82, 2.24) is 20.9 Å². The van der Waals surface area contributed by atoms with Crippen molar-refractivity contribution in [2.45, 2.75) is 80.9 Å². The highest BCUT2D eigenvalue weighted by atomic mass is 16.7. The monoisotopic (exact) mass is 776 g/mol. The number of aliphatic hydroxyl groups excluding tert-OH is 4. The van der Waals surface area contributed by atoms with Crippen LogP contribution in [0.15, 0.2) is 79.0 Å². The van der Waals surface area contributed by atoms with Gasteiger partial charge in [-0.2, -0.15) is 0 Å². The third-order valence-corrected chi connectivity index (χ3v) is 9.55. The molecular formula is C39H48N6O11. The molecule has 13 N–H and O–H groups in total. The van der Waals surface area contributed by atoms with Crippen LogP contribution in [0.25, 0.3) is 10.9 Å². The molecule has 56 heavy (non-hydrogen) atoms. The number of aromatic hydroxyl groups is 1. The second kappa shape index (κ2) is 19.3. The Bertz CT molecular complexity index is 1940. The number of hydrogen-bond donors (Lipinski definition) is 11. The predicted octanol–water partition coefficient (Wildman–Crippen LogP) is -0.780. The molecule has 1 aliphatic rings. The number of nitrogens with two attached hydrogens (primary N) is 2. The third-order valence-electron chi connectivity index (χ3n) is 9.55. The van der Waals surface area contributed by atoms with Crippen LogP contribution in [-0.2, 0) is 32.0 Å². The minimum Gasteiger partial charge on any atom is -0.508 e. The van der Waals surface area contributed by atoms with Crippen molar-refractivity contribution in [3.8, 4) is 11.5 Å². The van der Waals surface area contributed by atoms with Gasteiger partial charge >= 0.3 is 0 Å². The van der Waals surface area contributed by atoms with E-state index in [1.54, 1.807) is 18.3 Å². The highest BCUT2D eigenvalue weighted by Gasteiger charge is 2.44. The number of benzene rings is 3. The molecular weight excluding hydrogens is 728 g/mol. The lowest BCUT2D eigenvalue weighted by Crippen LogP contribution is -2.60. The van der Waals surface area contributed by atoms with Crippen LogP contribution in [0.2, 0.25) is 0 Å². The van der Waals surface area contributed by atoms with Gasteiger partial charge in [0, 0.05) is 35.5 Å². The normalized spacial score (nSPS) is 21.1. The summed E-state index contributed by atoms with van der Waals surface area (Å²) >= 11 is 0. The zero-order valence-corrected chi connectivity index (χ0v) is 30.4. The Balaban J connectivity index is 1.33. The van der Waals surface area contributed by atoms with Crippen molar-refractivity contribution in [1.29, 1.82) is 0 Å². The second-order valence-electron chi connectivity index (χ2n) is 13.6. The molecule has 17 nitrogen and oxygen atoms in total. The smallest absolute Gasteiger partial charge is 0.251 e. The molecule has 8 atom stereocenters. The van der Waals surface area contributed by atoms with Crippen molar-refractivity contribution in [2.75, 3.05) is 13.2 Å². The number of para-hydroxylation sites is 1. The Morgan fingerprint density at radius 3 is 2.16 bits per heavy atom. The number of unbranched alkanes of at least 4 members (excludes halogenated alkanes) is 1. The van der Waals surface area contributed by atoms with Gasteiger partial charge in [-0.25, -0.2) is 0 Å². The number of ether oxygens (including phenoxy) is 2. The van der Waals surface area contributed by atoms with Gasteiger partial charge in [0.2, 0.25) is 24.0 Å². The summed E-state index contributed by atoms with van der Waals surface area (Å²) in [6.45, 7) is -0.288. The number of phenolic OH excluding ortho intramolecular Hbond substituents is 1. The lowest BCUT2D eigenvalue weighted by molar-refractivity contribution is -0.277. The highest BCUT2D eigenvalue weighted by molar-refractivity contribution is 5.99. The Hall–Kier alpha value is -5.56. The maximum atomic E-state index is 14.1. The van der Waals surface area contributed by atoms with E-state index in [1.807, 2.05) is 24.3 Å². The number of carbonyl (C=O) groups excluding carboxylic acids is 4. The van der Waals surface area contributed by atoms with E-state index in [4.69, 9.17) is 20.9 Å². The molecule has 4 aromatic rings. The molecule has 4 amide bonds. The molecule has 1 aromatic heterocycles. The summed E-state index contributed by atoms with van der Waals surface area (Å²) in [5.41, 5.74) is 13.6. The standard InChI is InChI=1S/C39H48N6O11/c40-16-4-3-7-28(37(53)44-29(35(41)51)17-21-8-12-24(47)13-9-21)43-38(54)30(18-23-19-42-27-6-2-1-5-26(23)27)45-36(52)22-10-14-25(15-11-22)55-39-34(50)33(49)32(48)31(20-46)56-39/h1-2,5-6,8-15,19,28-34,39,42,46-50H,3-4,7,16-18,20,40H2,(H2,41,51)(H,43,54)(H,44,53)(H,45,52)/t28-,29-,30-,31+,32-,33-,34+,39+/m0/s1. The van der Waals surface area contributed by atoms with E-state index in [1.165, 1.54) is 36.4 Å². The number of fused-ring (bicyclic) bond motifs is 1. The second-order valence-corrected chi connectivity index (χ2v) is 13.6. The summed E-state index contributed by atoms with van der Waals surface area (Å²) in [5, 5.41) is 58.6. The highest BCUT2D eigenvalue weighted by Crippen LogP contribution is 2.25. The summed E-state index contributed by atoms with van der Waals surface area (Å²) in [7, 11) is 0. The number of carbonyl (C=O) groups is 4. The van der Waals surface area contributed by atoms with E-state index in [2.05, 4.69) is 20.9 Å². The average molecular weight is 777 g/mol. The summed E-state index contributed by atoms with van der Waals surface area (Å²) in [5.74, 6) is -2.62. The van der Waals surface area contributed by atoms with Gasteiger partial charge in [0.15, 0.2) is 0 Å². The van der Waals surface area contributed by atoms with Gasteiger partial charge in [0.25, 0.3) is 5.91 Å². The Labute approximate surface area is 322 Å². The van der Waals surface area contributed by atoms with Gasteiger partial charge in [0.1, 0.15) is 54.0 Å². The van der Waals surface area contributed by atoms with Crippen LogP contribution >= 0.6 is 0 Å². The zero-order chi connectivity index (χ0) is 40.4. The van der Waals surface area contributed by atoms with E-state index in [0.717, 1.165) is 16.5 Å². The maximum absolute atomic E-state index is 14.1. The molecule has 1 aliphatic heterocycles. The van der Waals surface area contributed by atoms with Crippen LogP contribution in [0.3, 0.4) is 0 Å². The van der Waals surface area contributed by atoms with E-state index in [-0.39, 0.29) is 36.3 Å². The fourth-order valence-electron chi connectivity index (χ4n) is 6.35. The number of H-pyrrole nitrogens is 1. The number of aromatic amines is 1. The quantitative estimate of drug-likeness (QED) is 0.0555. The summed E-state index contributed by atoms with van der Waals surface area (Å²) in [6.07, 6.45) is -4.46. The van der Waals surface area contributed by atoms with Crippen molar-refractivity contribution < 1.29 is 54.2 Å². The number of primary amides is 1. The topological polar surface area (TPSA) is 292 Å². The molecule has 0 aliphatic carbocycles. The number of aliphatic hydroxyl groups is 4. The Kier molecular flexibility index (Phi) is 14.4. The van der Waals surface area contributed by atoms with Gasteiger partial charge in [-0.15, -0.1) is 0 Å². The van der Waals surface area contributed by atoms with E-state index in [0.29, 0.717) is 24.9 Å². The molecule has 3 aromatic carbocycles. The number of amides is 4. The van der Waals surface area contributed by atoms with Gasteiger partial charge in [-0.1, -0.05) is 30.3 Å². The van der Waals surface area contributed by atoms with Gasteiger partial charge < -0.3 is 67.4 Å². The summed E-state index contributed by atoms with van der Waals surface area (Å²) in [6, 6.07) is 15.6. The first-order chi connectivity index (χ1) is 26.9. The van der Waals surface area contributed by atoms with Crippen molar-refractivity contribution in [3.63, 3.8) is 0 Å². The Morgan fingerprint density at radius 1 is 0.804 bits per heavy atom. The molecule has 0 saturated carbocycles. The number of nitrogens with one attached hydrogen (secondary N) is 4. The lowest BCUT2D eigenvalue weighted by atomic mass is 9.99. The Morgan fingerprint density at radius 2 is 1.48 bits per heavy atom. The fraction of sp³-hybridized carbons (Fsp3) is 0.385. The van der Waals surface area contributed by atoms with E-state index in [9.17, 15) is 44.7 Å². The van der Waals surface area contributed by atoms with Crippen LogP contribution in [0.5, 0.6) is 11.5 Å². The van der Waals surface area contributed by atoms with E-state index >= 15 is 0 Å². The minimum absolute atomic E-state index is 0.0296. The first kappa shape index (κ1) is 41.6. The van der Waals surface area contributed by atoms with Gasteiger partial charge in [-0.3, -0.25) is 19.2 Å². The molecule has 5 rings (SSSR count). The van der Waals surface area contributed by atoms with Gasteiger partial charge in [0.05, 0.1) is 6.61 Å². The molecule has 2 heterocycles. The molecule has 17 heteroatoms. The first-order valence-electron chi connectivity index (χ1n) is 18.2. The van der Waals surface area contributed by atoms with Crippen LogP contribution in [0, 0.1) is 0 Å². The third kappa shape index (κ3) is 10.6. The minimum atomic E-state index is -1.64. The predicted molar refractivity (Wildman–Crippen MR) is 202 cm³/mol. The zero-order valence-electron chi connectivity index (χ0n) is 30.4. The van der Waals surface area contributed by atoms with Crippen molar-refractivity contribution in [2.24, 2.45) is 11.5 Å². The average Bonchev–Trinajstić information content (AvgIpc) is 3.60. The first-order valence-corrected chi connectivity index (χ1v) is 18.2. The van der Waals surface area contributed by atoms with Crippen molar-refractivity contribution in [3.05, 3.63) is 95.7 Å².